The van der Waals surface area contributed by atoms with Gasteiger partial charge in [-0.1, -0.05) is 54.1 Å². The number of ether oxygens (including phenoxy) is 3. The van der Waals surface area contributed by atoms with Crippen LogP contribution in [0.15, 0.2) is 108 Å². The Kier molecular flexibility index (Phi) is 9.47. The molecule has 196 valence electrons. The molecule has 0 aliphatic rings. The van der Waals surface area contributed by atoms with Gasteiger partial charge >= 0.3 is 5.97 Å². The summed E-state index contributed by atoms with van der Waals surface area (Å²) in [5.74, 6) is 0.333. The number of hydrogen-bond acceptors (Lipinski definition) is 6. The van der Waals surface area contributed by atoms with Gasteiger partial charge in [-0.25, -0.2) is 10.2 Å². The number of halogens is 1. The first-order chi connectivity index (χ1) is 19.0. The van der Waals surface area contributed by atoms with E-state index in [0.717, 1.165) is 11.1 Å². The number of nitrogens with one attached hydrogen (secondary N) is 1. The summed E-state index contributed by atoms with van der Waals surface area (Å²) in [4.78, 5) is 24.7. The van der Waals surface area contributed by atoms with Gasteiger partial charge in [-0.05, 0) is 77.4 Å². The third kappa shape index (κ3) is 8.31. The highest BCUT2D eigenvalue weighted by Gasteiger charge is 2.09. The summed E-state index contributed by atoms with van der Waals surface area (Å²) in [6, 6.07) is 28.5. The van der Waals surface area contributed by atoms with Crippen LogP contribution in [-0.4, -0.2) is 25.2 Å². The number of carbonyl (C=O) groups excluding carboxylic acids is 2. The Bertz CT molecular complexity index is 1470. The van der Waals surface area contributed by atoms with Crippen LogP contribution in [0, 0.1) is 0 Å². The Hall–Kier alpha value is -4.88. The van der Waals surface area contributed by atoms with Crippen molar-refractivity contribution in [1.82, 2.24) is 5.43 Å². The maximum Gasteiger partial charge on any atom is 0.336 e. The third-order valence-electron chi connectivity index (χ3n) is 5.42. The van der Waals surface area contributed by atoms with Crippen molar-refractivity contribution in [3.05, 3.63) is 130 Å². The second kappa shape index (κ2) is 13.6. The van der Waals surface area contributed by atoms with E-state index in [9.17, 15) is 9.59 Å². The molecule has 0 heterocycles. The van der Waals surface area contributed by atoms with Crippen molar-refractivity contribution in [2.75, 3.05) is 7.11 Å². The Labute approximate surface area is 231 Å². The summed E-state index contributed by atoms with van der Waals surface area (Å²) < 4.78 is 16.5. The van der Waals surface area contributed by atoms with E-state index < -0.39 is 5.97 Å². The maximum atomic E-state index is 12.5. The molecule has 0 aliphatic heterocycles. The summed E-state index contributed by atoms with van der Waals surface area (Å²) in [5.41, 5.74) is 5.42. The van der Waals surface area contributed by atoms with Crippen LogP contribution in [-0.2, 0) is 11.4 Å². The smallest absolute Gasteiger partial charge is 0.336 e. The van der Waals surface area contributed by atoms with E-state index in [2.05, 4.69) is 10.5 Å². The maximum absolute atomic E-state index is 12.5. The summed E-state index contributed by atoms with van der Waals surface area (Å²) in [6.07, 6.45) is 4.48. The van der Waals surface area contributed by atoms with Gasteiger partial charge in [0.2, 0.25) is 0 Å². The van der Waals surface area contributed by atoms with Gasteiger partial charge in [-0.3, -0.25) is 4.79 Å². The van der Waals surface area contributed by atoms with E-state index in [1.807, 2.05) is 42.5 Å². The van der Waals surface area contributed by atoms with E-state index in [-0.39, 0.29) is 11.7 Å². The Morgan fingerprint density at radius 3 is 2.33 bits per heavy atom. The molecule has 0 bridgehead atoms. The second-order valence-corrected chi connectivity index (χ2v) is 8.65. The SMILES string of the molecule is COc1cc(/C=N\NC(=O)c2ccc(OCc3ccc(Cl)cc3)cc2)ccc1OC(=O)/C=C/c1ccccc1. The molecular weight excluding hydrogens is 516 g/mol. The molecular formula is C31H25ClN2O5. The molecule has 4 aromatic rings. The first-order valence-electron chi connectivity index (χ1n) is 11.9. The van der Waals surface area contributed by atoms with Gasteiger partial charge in [0.25, 0.3) is 5.91 Å². The molecule has 0 aliphatic carbocycles. The third-order valence-corrected chi connectivity index (χ3v) is 5.68. The average molecular weight is 541 g/mol. The molecule has 39 heavy (non-hydrogen) atoms. The van der Waals surface area contributed by atoms with Crippen LogP contribution in [0.1, 0.15) is 27.0 Å². The summed E-state index contributed by atoms with van der Waals surface area (Å²) in [6.45, 7) is 0.388. The van der Waals surface area contributed by atoms with Crippen LogP contribution in [0.2, 0.25) is 5.02 Å². The number of amides is 1. The van der Waals surface area contributed by atoms with Crippen LogP contribution in [0.25, 0.3) is 6.08 Å². The van der Waals surface area contributed by atoms with E-state index in [0.29, 0.717) is 34.3 Å². The Morgan fingerprint density at radius 1 is 0.872 bits per heavy atom. The highest BCUT2D eigenvalue weighted by Crippen LogP contribution is 2.28. The van der Waals surface area contributed by atoms with E-state index in [1.54, 1.807) is 60.7 Å². The van der Waals surface area contributed by atoms with Gasteiger partial charge in [0.05, 0.1) is 13.3 Å². The molecule has 8 heteroatoms. The van der Waals surface area contributed by atoms with E-state index in [4.69, 9.17) is 25.8 Å². The summed E-state index contributed by atoms with van der Waals surface area (Å²) >= 11 is 5.90. The quantitative estimate of drug-likeness (QED) is 0.0837. The molecule has 4 aromatic carbocycles. The molecule has 4 rings (SSSR count). The molecule has 0 saturated heterocycles. The van der Waals surface area contributed by atoms with Crippen molar-refractivity contribution in [1.29, 1.82) is 0 Å². The molecule has 0 atom stereocenters. The summed E-state index contributed by atoms with van der Waals surface area (Å²) in [7, 11) is 1.47. The lowest BCUT2D eigenvalue weighted by Crippen LogP contribution is -2.17. The van der Waals surface area contributed by atoms with Gasteiger partial charge in [-0.2, -0.15) is 5.10 Å². The average Bonchev–Trinajstić information content (AvgIpc) is 2.97. The molecule has 0 radical (unpaired) electrons. The molecule has 1 amide bonds. The lowest BCUT2D eigenvalue weighted by Gasteiger charge is -2.08. The van der Waals surface area contributed by atoms with Crippen LogP contribution < -0.4 is 19.6 Å². The Balaban J connectivity index is 1.29. The van der Waals surface area contributed by atoms with E-state index in [1.165, 1.54) is 19.4 Å². The normalized spacial score (nSPS) is 10.9. The molecule has 0 unspecified atom stereocenters. The number of hydrogen-bond donors (Lipinski definition) is 1. The van der Waals surface area contributed by atoms with Crippen LogP contribution in [0.3, 0.4) is 0 Å². The van der Waals surface area contributed by atoms with Crippen LogP contribution in [0.5, 0.6) is 17.2 Å². The zero-order valence-corrected chi connectivity index (χ0v) is 21.8. The van der Waals surface area contributed by atoms with Crippen molar-refractivity contribution in [3.63, 3.8) is 0 Å². The Morgan fingerprint density at radius 2 is 1.62 bits per heavy atom. The number of methoxy groups -OCH3 is 1. The fourth-order valence-electron chi connectivity index (χ4n) is 3.40. The molecule has 1 N–H and O–H groups in total. The highest BCUT2D eigenvalue weighted by atomic mass is 35.5. The highest BCUT2D eigenvalue weighted by molar-refractivity contribution is 6.30. The van der Waals surface area contributed by atoms with E-state index >= 15 is 0 Å². The fraction of sp³-hybridized carbons (Fsp3) is 0.0645. The molecule has 0 saturated carbocycles. The lowest BCUT2D eigenvalue weighted by atomic mass is 10.2. The summed E-state index contributed by atoms with van der Waals surface area (Å²) in [5, 5.41) is 4.68. The molecule has 7 nitrogen and oxygen atoms in total. The number of esters is 1. The number of hydrazone groups is 1. The minimum atomic E-state index is -0.535. The number of carbonyl (C=O) groups is 2. The number of benzene rings is 4. The zero-order chi connectivity index (χ0) is 27.5. The predicted molar refractivity (Wildman–Crippen MR) is 151 cm³/mol. The van der Waals surface area contributed by atoms with Crippen molar-refractivity contribution < 1.29 is 23.8 Å². The van der Waals surface area contributed by atoms with Gasteiger partial charge in [0, 0.05) is 16.7 Å². The zero-order valence-electron chi connectivity index (χ0n) is 21.0. The first kappa shape index (κ1) is 27.2. The van der Waals surface area contributed by atoms with Gasteiger partial charge in [0.15, 0.2) is 11.5 Å². The lowest BCUT2D eigenvalue weighted by molar-refractivity contribution is -0.129. The minimum Gasteiger partial charge on any atom is -0.493 e. The molecule has 0 fully saturated rings. The standard InChI is InChI=1S/C31H25ClN2O5/c1-37-29-19-24(9-17-28(29)39-30(35)18-10-22-5-3-2-4-6-22)20-33-34-31(36)25-11-15-27(16-12-25)38-21-23-7-13-26(32)14-8-23/h2-20H,21H2,1H3,(H,34,36)/b18-10+,33-20-. The van der Waals surface area contributed by atoms with Gasteiger partial charge in [0.1, 0.15) is 12.4 Å². The topological polar surface area (TPSA) is 86.2 Å². The monoisotopic (exact) mass is 540 g/mol. The molecule has 0 aromatic heterocycles. The van der Waals surface area contributed by atoms with Gasteiger partial charge in [-0.15, -0.1) is 0 Å². The van der Waals surface area contributed by atoms with Crippen molar-refractivity contribution in [2.24, 2.45) is 5.10 Å². The minimum absolute atomic E-state index is 0.264. The van der Waals surface area contributed by atoms with Crippen LogP contribution >= 0.6 is 11.6 Å². The second-order valence-electron chi connectivity index (χ2n) is 8.21. The van der Waals surface area contributed by atoms with Crippen molar-refractivity contribution >= 4 is 35.8 Å². The molecule has 0 spiro atoms. The first-order valence-corrected chi connectivity index (χ1v) is 12.3. The fourth-order valence-corrected chi connectivity index (χ4v) is 3.53. The van der Waals surface area contributed by atoms with Crippen molar-refractivity contribution in [2.45, 2.75) is 6.61 Å². The predicted octanol–water partition coefficient (Wildman–Crippen LogP) is 6.31. The van der Waals surface area contributed by atoms with Crippen molar-refractivity contribution in [3.8, 4) is 17.2 Å². The number of nitrogens with zero attached hydrogens (tertiary/aromatic N) is 1. The number of rotatable bonds is 10. The van der Waals surface area contributed by atoms with Gasteiger partial charge < -0.3 is 14.2 Å². The van der Waals surface area contributed by atoms with Crippen LogP contribution in [0.4, 0.5) is 0 Å². The largest absolute Gasteiger partial charge is 0.493 e.